The third-order valence-corrected chi connectivity index (χ3v) is 3.04. The van der Waals surface area contributed by atoms with E-state index >= 15 is 0 Å². The maximum Gasteiger partial charge on any atom is 0.410 e. The molecule has 2 saturated heterocycles. The Morgan fingerprint density at radius 3 is 2.93 bits per heavy atom. The van der Waals surface area contributed by atoms with E-state index in [0.717, 1.165) is 12.8 Å². The molecule has 0 unspecified atom stereocenters. The van der Waals surface area contributed by atoms with Gasteiger partial charge in [0.1, 0.15) is 0 Å². The lowest BCUT2D eigenvalue weighted by Gasteiger charge is -2.43. The molecule has 4 heteroatoms. The van der Waals surface area contributed by atoms with Crippen LogP contribution in [0, 0.1) is 5.92 Å². The zero-order valence-corrected chi connectivity index (χ0v) is 8.36. The van der Waals surface area contributed by atoms with Crippen LogP contribution in [0.5, 0.6) is 0 Å². The van der Waals surface area contributed by atoms with Crippen LogP contribution in [0.25, 0.3) is 0 Å². The molecule has 2 atom stereocenters. The maximum atomic E-state index is 11.5. The summed E-state index contributed by atoms with van der Waals surface area (Å²) < 4.78 is 4.92. The normalized spacial score (nSPS) is 30.6. The fourth-order valence-corrected chi connectivity index (χ4v) is 2.38. The number of ketones is 1. The molecule has 3 rings (SSSR count). The van der Waals surface area contributed by atoms with Crippen molar-refractivity contribution in [3.8, 4) is 0 Å². The maximum absolute atomic E-state index is 11.5. The van der Waals surface area contributed by atoms with Crippen molar-refractivity contribution in [3.63, 3.8) is 0 Å². The van der Waals surface area contributed by atoms with Gasteiger partial charge in [-0.3, -0.25) is 9.69 Å². The van der Waals surface area contributed by atoms with Crippen molar-refractivity contribution in [3.05, 3.63) is 0 Å². The number of fused-ring (bicyclic) bond motifs is 3. The second-order valence-electron chi connectivity index (χ2n) is 3.98. The fourth-order valence-electron chi connectivity index (χ4n) is 2.38. The van der Waals surface area contributed by atoms with Crippen molar-refractivity contribution >= 4 is 11.9 Å². The average molecular weight is 197 g/mol. The summed E-state index contributed by atoms with van der Waals surface area (Å²) >= 11 is 0. The van der Waals surface area contributed by atoms with Crippen molar-refractivity contribution in [2.75, 3.05) is 13.2 Å². The van der Waals surface area contributed by atoms with Crippen LogP contribution in [0.2, 0.25) is 0 Å². The number of carbonyl (C=O) groups excluding carboxylic acids is 2. The van der Waals surface area contributed by atoms with E-state index in [4.69, 9.17) is 4.74 Å². The van der Waals surface area contributed by atoms with E-state index in [1.54, 1.807) is 11.8 Å². The standard InChI is InChI=1S/C10H15NO3/c1-2-14-10(13)11-6-7-3-4-8(11)9(12)5-7/h7-8H,2-6H2,1H3/t7-,8+/m1/s1. The highest BCUT2D eigenvalue weighted by atomic mass is 16.6. The molecule has 0 aromatic carbocycles. The number of hydrogen-bond donors (Lipinski definition) is 0. The Bertz CT molecular complexity index is 264. The molecule has 2 heterocycles. The SMILES string of the molecule is CCOC(=O)N1C[C@@H]2CC[C@H]1C(=O)C2. The van der Waals surface area contributed by atoms with Crippen molar-refractivity contribution in [1.82, 2.24) is 4.90 Å². The van der Waals surface area contributed by atoms with Gasteiger partial charge in [0.2, 0.25) is 0 Å². The summed E-state index contributed by atoms with van der Waals surface area (Å²) in [7, 11) is 0. The summed E-state index contributed by atoms with van der Waals surface area (Å²) in [5, 5.41) is 0. The molecule has 1 saturated carbocycles. The predicted octanol–water partition coefficient (Wildman–Crippen LogP) is 1.20. The largest absolute Gasteiger partial charge is 0.450 e. The number of Topliss-reactive ketones (excluding diaryl/α,β-unsaturated/α-hetero) is 1. The third-order valence-electron chi connectivity index (χ3n) is 3.04. The minimum absolute atomic E-state index is 0.195. The number of nitrogens with zero attached hydrogens (tertiary/aromatic N) is 1. The molecule has 0 aromatic rings. The molecule has 1 amide bonds. The number of piperidine rings is 2. The van der Waals surface area contributed by atoms with E-state index in [1.807, 2.05) is 0 Å². The Labute approximate surface area is 83.2 Å². The molecule has 2 aliphatic heterocycles. The average Bonchev–Trinajstić information content (AvgIpc) is 2.18. The molecule has 0 N–H and O–H groups in total. The van der Waals surface area contributed by atoms with Crippen molar-refractivity contribution in [2.45, 2.75) is 32.2 Å². The van der Waals surface area contributed by atoms with Gasteiger partial charge in [0.15, 0.2) is 5.78 Å². The Morgan fingerprint density at radius 1 is 1.57 bits per heavy atom. The first-order valence-electron chi connectivity index (χ1n) is 5.18. The van der Waals surface area contributed by atoms with Gasteiger partial charge in [-0.1, -0.05) is 0 Å². The van der Waals surface area contributed by atoms with Gasteiger partial charge >= 0.3 is 6.09 Å². The third kappa shape index (κ3) is 1.49. The van der Waals surface area contributed by atoms with Crippen LogP contribution >= 0.6 is 0 Å². The highest BCUT2D eigenvalue weighted by Gasteiger charge is 2.42. The summed E-state index contributed by atoms with van der Waals surface area (Å²) in [6, 6.07) is -0.195. The van der Waals surface area contributed by atoms with E-state index in [9.17, 15) is 9.59 Å². The van der Waals surface area contributed by atoms with Crippen molar-refractivity contribution in [1.29, 1.82) is 0 Å². The van der Waals surface area contributed by atoms with Gasteiger partial charge in [-0.25, -0.2) is 4.79 Å². The summed E-state index contributed by atoms with van der Waals surface area (Å²) in [5.41, 5.74) is 0. The molecule has 0 spiro atoms. The summed E-state index contributed by atoms with van der Waals surface area (Å²) in [6.07, 6.45) is 2.23. The monoisotopic (exact) mass is 197 g/mol. The van der Waals surface area contributed by atoms with Crippen LogP contribution in [-0.4, -0.2) is 36.0 Å². The van der Waals surface area contributed by atoms with Gasteiger partial charge in [-0.15, -0.1) is 0 Å². The zero-order chi connectivity index (χ0) is 10.1. The molecular weight excluding hydrogens is 182 g/mol. The van der Waals surface area contributed by atoms with Gasteiger partial charge in [0.25, 0.3) is 0 Å². The second-order valence-corrected chi connectivity index (χ2v) is 3.98. The molecule has 1 aliphatic carbocycles. The highest BCUT2D eigenvalue weighted by Crippen LogP contribution is 2.32. The first-order chi connectivity index (χ1) is 6.72. The first-order valence-corrected chi connectivity index (χ1v) is 5.18. The van der Waals surface area contributed by atoms with E-state index in [0.29, 0.717) is 25.5 Å². The minimum atomic E-state index is -0.324. The smallest absolute Gasteiger partial charge is 0.410 e. The molecule has 2 bridgehead atoms. The van der Waals surface area contributed by atoms with E-state index in [1.165, 1.54) is 0 Å². The summed E-state index contributed by atoms with van der Waals surface area (Å²) in [5.74, 6) is 0.581. The molecule has 78 valence electrons. The fraction of sp³-hybridized carbons (Fsp3) is 0.800. The summed E-state index contributed by atoms with van der Waals surface area (Å²) in [4.78, 5) is 24.6. The van der Waals surface area contributed by atoms with Gasteiger partial charge in [0, 0.05) is 13.0 Å². The number of rotatable bonds is 1. The Hall–Kier alpha value is -1.06. The van der Waals surface area contributed by atoms with Crippen molar-refractivity contribution < 1.29 is 14.3 Å². The molecule has 3 aliphatic rings. The molecule has 14 heavy (non-hydrogen) atoms. The predicted molar refractivity (Wildman–Crippen MR) is 49.9 cm³/mol. The van der Waals surface area contributed by atoms with Crippen molar-refractivity contribution in [2.24, 2.45) is 5.92 Å². The van der Waals surface area contributed by atoms with Crippen LogP contribution in [0.4, 0.5) is 4.79 Å². The number of carbonyl (C=O) groups is 2. The van der Waals surface area contributed by atoms with Gasteiger partial charge in [0.05, 0.1) is 12.6 Å². The van der Waals surface area contributed by atoms with E-state index < -0.39 is 0 Å². The highest BCUT2D eigenvalue weighted by molar-refractivity contribution is 5.89. The number of amides is 1. The van der Waals surface area contributed by atoms with E-state index in [-0.39, 0.29) is 17.9 Å². The zero-order valence-electron chi connectivity index (χ0n) is 8.36. The van der Waals surface area contributed by atoms with Gasteiger partial charge in [-0.2, -0.15) is 0 Å². The first kappa shape index (κ1) is 9.49. The topological polar surface area (TPSA) is 46.6 Å². The minimum Gasteiger partial charge on any atom is -0.450 e. The Kier molecular flexibility index (Phi) is 2.44. The van der Waals surface area contributed by atoms with Crippen LogP contribution in [0.1, 0.15) is 26.2 Å². The van der Waals surface area contributed by atoms with Gasteiger partial charge in [-0.05, 0) is 25.7 Å². The summed E-state index contributed by atoms with van der Waals surface area (Å²) in [6.45, 7) is 2.86. The lowest BCUT2D eigenvalue weighted by molar-refractivity contribution is -0.131. The van der Waals surface area contributed by atoms with Crippen LogP contribution in [0.3, 0.4) is 0 Å². The molecule has 4 nitrogen and oxygen atoms in total. The quantitative estimate of drug-likeness (QED) is 0.634. The number of ether oxygens (including phenoxy) is 1. The lowest BCUT2D eigenvalue weighted by atomic mass is 9.79. The molecule has 0 aromatic heterocycles. The Morgan fingerprint density at radius 2 is 2.36 bits per heavy atom. The van der Waals surface area contributed by atoms with Crippen LogP contribution < -0.4 is 0 Å². The molecular formula is C10H15NO3. The number of hydrogen-bond acceptors (Lipinski definition) is 3. The van der Waals surface area contributed by atoms with Gasteiger partial charge < -0.3 is 4.74 Å². The van der Waals surface area contributed by atoms with Crippen LogP contribution in [0.15, 0.2) is 0 Å². The molecule has 3 fully saturated rings. The molecule has 0 radical (unpaired) electrons. The van der Waals surface area contributed by atoms with Crippen LogP contribution in [-0.2, 0) is 9.53 Å². The second kappa shape index (κ2) is 3.59. The lowest BCUT2D eigenvalue weighted by Crippen LogP contribution is -2.55. The van der Waals surface area contributed by atoms with E-state index in [2.05, 4.69) is 0 Å². The Balaban J connectivity index is 2.06.